The molecule has 0 spiro atoms. The summed E-state index contributed by atoms with van der Waals surface area (Å²) < 4.78 is 26.4. The Kier molecular flexibility index (Phi) is 4.98. The van der Waals surface area contributed by atoms with Crippen LogP contribution in [-0.2, 0) is 0 Å². The number of ether oxygens (including phenoxy) is 4. The van der Waals surface area contributed by atoms with Crippen molar-refractivity contribution in [2.24, 2.45) is 0 Å². The average Bonchev–Trinajstić information content (AvgIpc) is 3.18. The molecule has 3 aromatic rings. The fraction of sp³-hybridized carbons (Fsp3) is 0.211. The van der Waals surface area contributed by atoms with Crippen molar-refractivity contribution in [2.75, 3.05) is 28.4 Å². The number of aromatic hydroxyl groups is 2. The fourth-order valence-electron chi connectivity index (χ4n) is 2.79. The average molecular weight is 373 g/mol. The molecule has 0 saturated carbocycles. The van der Waals surface area contributed by atoms with Gasteiger partial charge in [0.2, 0.25) is 11.5 Å². The van der Waals surface area contributed by atoms with Gasteiger partial charge in [0.25, 0.3) is 0 Å². The highest BCUT2D eigenvalue weighted by atomic mass is 16.5. The molecule has 0 aliphatic heterocycles. The third-order valence-corrected chi connectivity index (χ3v) is 4.12. The van der Waals surface area contributed by atoms with Crippen molar-refractivity contribution in [3.8, 4) is 56.9 Å². The van der Waals surface area contributed by atoms with Crippen LogP contribution in [0.1, 0.15) is 0 Å². The first-order valence-electron chi connectivity index (χ1n) is 7.90. The molecule has 2 aromatic carbocycles. The Hall–Kier alpha value is -3.55. The molecule has 0 amide bonds. The minimum atomic E-state index is -0.387. The second-order valence-electron chi connectivity index (χ2n) is 5.50. The van der Waals surface area contributed by atoms with Gasteiger partial charge in [0.1, 0.15) is 0 Å². The lowest BCUT2D eigenvalue weighted by atomic mass is 10.0. The van der Waals surface area contributed by atoms with Crippen LogP contribution in [0, 0.1) is 0 Å². The van der Waals surface area contributed by atoms with Gasteiger partial charge in [0, 0.05) is 5.56 Å². The van der Waals surface area contributed by atoms with E-state index in [1.165, 1.54) is 40.7 Å². The first-order valence-corrected chi connectivity index (χ1v) is 7.90. The third kappa shape index (κ3) is 3.05. The van der Waals surface area contributed by atoms with Gasteiger partial charge in [-0.25, -0.2) is 0 Å². The molecular formula is C19H19NO7. The molecule has 0 radical (unpaired) electrons. The SMILES string of the molecule is COc1ccc(-c2oncc2-c2cc(OC)c(OC)c(OC)c2)c(O)c1O. The molecule has 0 bridgehead atoms. The van der Waals surface area contributed by atoms with Gasteiger partial charge in [-0.3, -0.25) is 0 Å². The fourth-order valence-corrected chi connectivity index (χ4v) is 2.79. The van der Waals surface area contributed by atoms with Crippen LogP contribution in [0.4, 0.5) is 0 Å². The molecule has 8 nitrogen and oxygen atoms in total. The summed E-state index contributed by atoms with van der Waals surface area (Å²) in [6, 6.07) is 6.55. The van der Waals surface area contributed by atoms with E-state index in [2.05, 4.69) is 5.16 Å². The zero-order valence-electron chi connectivity index (χ0n) is 15.3. The third-order valence-electron chi connectivity index (χ3n) is 4.12. The predicted molar refractivity (Wildman–Crippen MR) is 96.9 cm³/mol. The van der Waals surface area contributed by atoms with Gasteiger partial charge in [-0.05, 0) is 29.8 Å². The Morgan fingerprint density at radius 3 is 1.96 bits per heavy atom. The molecule has 1 aromatic heterocycles. The van der Waals surface area contributed by atoms with Gasteiger partial charge in [-0.1, -0.05) is 5.16 Å². The first-order chi connectivity index (χ1) is 13.0. The van der Waals surface area contributed by atoms with E-state index < -0.39 is 0 Å². The number of hydrogen-bond donors (Lipinski definition) is 2. The van der Waals surface area contributed by atoms with Crippen LogP contribution >= 0.6 is 0 Å². The van der Waals surface area contributed by atoms with Gasteiger partial charge in [0.05, 0.1) is 40.2 Å². The zero-order chi connectivity index (χ0) is 19.6. The maximum absolute atomic E-state index is 10.3. The Morgan fingerprint density at radius 1 is 0.778 bits per heavy atom. The maximum atomic E-state index is 10.3. The minimum Gasteiger partial charge on any atom is -0.504 e. The van der Waals surface area contributed by atoms with Gasteiger partial charge in [0.15, 0.2) is 28.8 Å². The minimum absolute atomic E-state index is 0.144. The largest absolute Gasteiger partial charge is 0.504 e. The monoisotopic (exact) mass is 373 g/mol. The standard InChI is InChI=1S/C19H19NO7/c1-23-13-6-5-11(16(21)17(13)22)18-12(9-20-27-18)10-7-14(24-2)19(26-4)15(8-10)25-3/h5-9,21-22H,1-4H3. The summed E-state index contributed by atoms with van der Waals surface area (Å²) in [4.78, 5) is 0. The van der Waals surface area contributed by atoms with Gasteiger partial charge in [-0.15, -0.1) is 0 Å². The molecule has 0 atom stereocenters. The number of nitrogens with zero attached hydrogens (tertiary/aromatic N) is 1. The summed E-state index contributed by atoms with van der Waals surface area (Å²) in [6.07, 6.45) is 1.50. The number of rotatable bonds is 6. The normalized spacial score (nSPS) is 10.5. The van der Waals surface area contributed by atoms with Gasteiger partial charge >= 0.3 is 0 Å². The molecule has 3 rings (SSSR count). The topological polar surface area (TPSA) is 103 Å². The van der Waals surface area contributed by atoms with Crippen LogP contribution in [-0.4, -0.2) is 43.8 Å². The Labute approximate surface area is 155 Å². The second-order valence-corrected chi connectivity index (χ2v) is 5.50. The molecule has 27 heavy (non-hydrogen) atoms. The Balaban J connectivity index is 2.18. The van der Waals surface area contributed by atoms with Crippen LogP contribution < -0.4 is 18.9 Å². The molecule has 142 valence electrons. The second kappa shape index (κ2) is 7.36. The van der Waals surface area contributed by atoms with E-state index in [1.54, 1.807) is 18.2 Å². The summed E-state index contributed by atoms with van der Waals surface area (Å²) >= 11 is 0. The molecule has 0 aliphatic rings. The van der Waals surface area contributed by atoms with Crippen molar-refractivity contribution >= 4 is 0 Å². The quantitative estimate of drug-likeness (QED) is 0.633. The van der Waals surface area contributed by atoms with Gasteiger partial charge in [-0.2, -0.15) is 0 Å². The highest BCUT2D eigenvalue weighted by Crippen LogP contribution is 2.47. The van der Waals surface area contributed by atoms with E-state index in [9.17, 15) is 10.2 Å². The van der Waals surface area contributed by atoms with Crippen LogP contribution in [0.3, 0.4) is 0 Å². The zero-order valence-corrected chi connectivity index (χ0v) is 15.3. The van der Waals surface area contributed by atoms with Crippen molar-refractivity contribution in [1.29, 1.82) is 0 Å². The number of methoxy groups -OCH3 is 4. The van der Waals surface area contributed by atoms with Crippen LogP contribution in [0.15, 0.2) is 35.0 Å². The molecule has 2 N–H and O–H groups in total. The maximum Gasteiger partial charge on any atom is 0.203 e. The first kappa shape index (κ1) is 18.2. The van der Waals surface area contributed by atoms with Crippen molar-refractivity contribution in [3.05, 3.63) is 30.5 Å². The molecular weight excluding hydrogens is 354 g/mol. The van der Waals surface area contributed by atoms with E-state index in [-0.39, 0.29) is 28.6 Å². The van der Waals surface area contributed by atoms with Crippen molar-refractivity contribution in [2.45, 2.75) is 0 Å². The lowest BCUT2D eigenvalue weighted by Gasteiger charge is -2.14. The molecule has 0 saturated heterocycles. The van der Waals surface area contributed by atoms with Crippen LogP contribution in [0.25, 0.3) is 22.5 Å². The summed E-state index contributed by atoms with van der Waals surface area (Å²) in [6.45, 7) is 0. The number of phenolic OH excluding ortho intramolecular Hbond substituents is 2. The highest BCUT2D eigenvalue weighted by molar-refractivity contribution is 5.85. The molecule has 0 aliphatic carbocycles. The molecule has 0 fully saturated rings. The lowest BCUT2D eigenvalue weighted by molar-refractivity contribution is 0.324. The van der Waals surface area contributed by atoms with Crippen molar-refractivity contribution in [3.63, 3.8) is 0 Å². The van der Waals surface area contributed by atoms with E-state index in [1.807, 2.05) is 0 Å². The van der Waals surface area contributed by atoms with E-state index >= 15 is 0 Å². The summed E-state index contributed by atoms with van der Waals surface area (Å²) in [5.41, 5.74) is 1.49. The molecule has 0 unspecified atom stereocenters. The molecule has 8 heteroatoms. The van der Waals surface area contributed by atoms with Crippen LogP contribution in [0.5, 0.6) is 34.5 Å². The van der Waals surface area contributed by atoms with Gasteiger partial charge < -0.3 is 33.7 Å². The number of benzene rings is 2. The Morgan fingerprint density at radius 2 is 1.41 bits per heavy atom. The molecule has 1 heterocycles. The van der Waals surface area contributed by atoms with E-state index in [4.69, 9.17) is 23.5 Å². The van der Waals surface area contributed by atoms with Crippen molar-refractivity contribution < 1.29 is 33.7 Å². The smallest absolute Gasteiger partial charge is 0.203 e. The summed E-state index contributed by atoms with van der Waals surface area (Å²) in [7, 11) is 5.94. The van der Waals surface area contributed by atoms with Crippen LogP contribution in [0.2, 0.25) is 0 Å². The van der Waals surface area contributed by atoms with E-state index in [0.29, 0.717) is 28.4 Å². The van der Waals surface area contributed by atoms with E-state index in [0.717, 1.165) is 0 Å². The number of hydrogen-bond acceptors (Lipinski definition) is 8. The Bertz CT molecular complexity index is 940. The number of aromatic nitrogens is 1. The highest BCUT2D eigenvalue weighted by Gasteiger charge is 2.22. The number of phenols is 2. The summed E-state index contributed by atoms with van der Waals surface area (Å²) in [5.74, 6) is 1.01. The lowest BCUT2D eigenvalue weighted by Crippen LogP contribution is -1.95. The predicted octanol–water partition coefficient (Wildman–Crippen LogP) is 3.45. The summed E-state index contributed by atoms with van der Waals surface area (Å²) in [5, 5.41) is 24.3. The van der Waals surface area contributed by atoms with Crippen molar-refractivity contribution in [1.82, 2.24) is 5.16 Å².